The molecule has 3 rings (SSSR count). The van der Waals surface area contributed by atoms with Gasteiger partial charge < -0.3 is 24.8 Å². The zero-order valence-corrected chi connectivity index (χ0v) is 21.6. The Morgan fingerprint density at radius 3 is 2.22 bits per heavy atom. The minimum Gasteiger partial charge on any atom is -1.00 e. The van der Waals surface area contributed by atoms with Gasteiger partial charge in [-0.2, -0.15) is 0 Å². The largest absolute Gasteiger partial charge is 1.00 e. The van der Waals surface area contributed by atoms with Gasteiger partial charge in [-0.1, -0.05) is 0 Å². The van der Waals surface area contributed by atoms with Crippen LogP contribution in [-0.4, -0.2) is 11.8 Å². The molecule has 1 unspecified atom stereocenters. The Labute approximate surface area is 184 Å². The van der Waals surface area contributed by atoms with Crippen LogP contribution in [0.5, 0.6) is 0 Å². The quantitative estimate of drug-likeness (QED) is 0.519. The van der Waals surface area contributed by atoms with Gasteiger partial charge in [0.25, 0.3) is 0 Å². The van der Waals surface area contributed by atoms with Crippen LogP contribution < -0.4 is 28.1 Å². The van der Waals surface area contributed by atoms with Crippen LogP contribution in [0.1, 0.15) is 41.8 Å². The maximum absolute atomic E-state index is 13.1. The van der Waals surface area contributed by atoms with E-state index >= 15 is 0 Å². The van der Waals surface area contributed by atoms with Gasteiger partial charge in [-0.3, -0.25) is 0 Å². The molecule has 0 spiro atoms. The van der Waals surface area contributed by atoms with Crippen LogP contribution >= 0.6 is 0 Å². The van der Waals surface area contributed by atoms with Gasteiger partial charge in [0.05, 0.1) is 0 Å². The molecular formula is C21H26Cl2NOSiZr. The van der Waals surface area contributed by atoms with E-state index in [1.807, 2.05) is 0 Å². The van der Waals surface area contributed by atoms with Gasteiger partial charge in [-0.15, -0.1) is 0 Å². The molecule has 6 heteroatoms. The third kappa shape index (κ3) is 5.23. The van der Waals surface area contributed by atoms with E-state index in [4.69, 9.17) is 0 Å². The smallest absolute Gasteiger partial charge is 1.00 e. The van der Waals surface area contributed by atoms with Crippen LogP contribution in [0.3, 0.4) is 0 Å². The molecule has 1 amide bonds. The van der Waals surface area contributed by atoms with E-state index in [0.29, 0.717) is 3.63 Å². The number of aryl methyl sites for hydroxylation is 3. The van der Waals surface area contributed by atoms with Crippen LogP contribution in [0.4, 0.5) is 0 Å². The zero-order valence-electron chi connectivity index (χ0n) is 16.4. The Balaban J connectivity index is 0.00000182. The van der Waals surface area contributed by atoms with Crippen LogP contribution in [0.15, 0.2) is 42.5 Å². The average Bonchev–Trinajstić information content (AvgIpc) is 2.95. The molecule has 0 aliphatic heterocycles. The SMILES string of the molecule is Cc1cc(C)c(C(=O)[NH][Zr+2]([CH]2C=Cc3ccccc32)[SiH](C)C)c(C)c1.[Cl-].[Cl-]. The number of allylic oxidation sites excluding steroid dienone is 1. The molecule has 0 fully saturated rings. The normalized spacial score (nSPS) is 14.2. The number of hydrogen-bond acceptors (Lipinski definition) is 1. The standard InChI is InChI=1S/C10H13NO.C9H7.C2H7Si.2ClH.Zr/c1-6-4-7(2)9(10(11)12)8(3)5-6;1-2-5-9-7-3-6-8(9)4-1;1-3-2;;;/h4-5H,1-3H3,(H2,11,12);1-7H;3H,1-2H3;2*1H;/q;;;;;+3/p-3. The Morgan fingerprint density at radius 2 is 1.63 bits per heavy atom. The predicted molar refractivity (Wildman–Crippen MR) is 105 cm³/mol. The number of halogens is 2. The molecule has 2 aromatic rings. The number of fused-ring (bicyclic) bond motifs is 1. The first-order chi connectivity index (χ1) is 11.9. The zero-order chi connectivity index (χ0) is 18.1. The molecule has 27 heavy (non-hydrogen) atoms. The number of carbonyl (C=O) groups is 1. The van der Waals surface area contributed by atoms with Crippen molar-refractivity contribution in [2.24, 2.45) is 0 Å². The molecule has 0 aromatic heterocycles. The second-order valence-electron chi connectivity index (χ2n) is 7.30. The number of amides is 1. The van der Waals surface area contributed by atoms with Gasteiger partial charge in [-0.25, -0.2) is 0 Å². The molecule has 0 saturated carbocycles. The number of benzene rings is 2. The van der Waals surface area contributed by atoms with Crippen LogP contribution in [0, 0.1) is 20.8 Å². The van der Waals surface area contributed by atoms with Crippen molar-refractivity contribution < 1.29 is 50.8 Å². The number of nitrogens with one attached hydrogen (secondary N) is 1. The van der Waals surface area contributed by atoms with E-state index in [-0.39, 0.29) is 30.7 Å². The predicted octanol–water partition coefficient (Wildman–Crippen LogP) is -1.37. The number of carbonyl (C=O) groups excluding carboxylic acids is 1. The summed E-state index contributed by atoms with van der Waals surface area (Å²) < 4.78 is 4.07. The van der Waals surface area contributed by atoms with Gasteiger partial charge >= 0.3 is 161 Å². The minimum atomic E-state index is -2.11. The summed E-state index contributed by atoms with van der Waals surface area (Å²) in [6, 6.07) is 12.9. The molecular weight excluding hydrogens is 472 g/mol. The number of hydrogen-bond donors (Lipinski definition) is 1. The van der Waals surface area contributed by atoms with Gasteiger partial charge in [-0.05, 0) is 0 Å². The van der Waals surface area contributed by atoms with Gasteiger partial charge in [0.2, 0.25) is 0 Å². The molecule has 2 aromatic carbocycles. The fourth-order valence-corrected chi connectivity index (χ4v) is 18.3. The van der Waals surface area contributed by atoms with E-state index in [1.54, 1.807) is 0 Å². The van der Waals surface area contributed by atoms with E-state index in [1.165, 1.54) is 16.7 Å². The summed E-state index contributed by atoms with van der Waals surface area (Å²) in [6.45, 7) is 11.0. The molecule has 0 bridgehead atoms. The van der Waals surface area contributed by atoms with Crippen molar-refractivity contribution in [3.63, 3.8) is 0 Å². The first kappa shape index (κ1) is 24.4. The summed E-state index contributed by atoms with van der Waals surface area (Å²) in [7, 11) is 0. The summed E-state index contributed by atoms with van der Waals surface area (Å²) in [5.74, 6) is -0.749. The molecule has 1 N–H and O–H groups in total. The van der Waals surface area contributed by atoms with Crippen LogP contribution in [0.25, 0.3) is 6.08 Å². The maximum Gasteiger partial charge on any atom is -1.00 e. The molecule has 1 aliphatic rings. The van der Waals surface area contributed by atoms with Crippen LogP contribution in [0.2, 0.25) is 13.1 Å². The topological polar surface area (TPSA) is 29.1 Å². The van der Waals surface area contributed by atoms with Crippen LogP contribution in [-0.2, 0) is 21.2 Å². The molecule has 143 valence electrons. The van der Waals surface area contributed by atoms with E-state index < -0.39 is 27.1 Å². The molecule has 0 heterocycles. The van der Waals surface area contributed by atoms with Crippen molar-refractivity contribution in [1.82, 2.24) is 3.26 Å². The minimum absolute atomic E-state index is 0. The van der Waals surface area contributed by atoms with Crippen molar-refractivity contribution in [2.45, 2.75) is 37.5 Å². The Kier molecular flexibility index (Phi) is 9.21. The van der Waals surface area contributed by atoms with Gasteiger partial charge in [0, 0.05) is 0 Å². The molecule has 0 radical (unpaired) electrons. The first-order valence-corrected chi connectivity index (χ1v) is 18.7. The molecule has 0 saturated heterocycles. The fraction of sp³-hybridized carbons (Fsp3) is 0.286. The second-order valence-corrected chi connectivity index (χ2v) is 26.2. The van der Waals surface area contributed by atoms with Gasteiger partial charge in [0.1, 0.15) is 0 Å². The molecule has 2 nitrogen and oxygen atoms in total. The van der Waals surface area contributed by atoms with E-state index in [9.17, 15) is 4.79 Å². The molecule has 1 atom stereocenters. The summed E-state index contributed by atoms with van der Waals surface area (Å²) in [4.78, 5) is 13.1. The maximum atomic E-state index is 13.1. The summed E-state index contributed by atoms with van der Waals surface area (Å²) in [6.07, 6.45) is 4.59. The van der Waals surface area contributed by atoms with Crippen molar-refractivity contribution in [2.75, 3.05) is 0 Å². The third-order valence-corrected chi connectivity index (χ3v) is 22.5. The average molecular weight is 499 g/mol. The second kappa shape index (κ2) is 10.2. The fourth-order valence-electron chi connectivity index (χ4n) is 3.83. The first-order valence-electron chi connectivity index (χ1n) is 8.91. The Bertz CT molecular complexity index is 831. The van der Waals surface area contributed by atoms with Crippen molar-refractivity contribution in [1.29, 1.82) is 0 Å². The Hall–Kier alpha value is -0.670. The summed E-state index contributed by atoms with van der Waals surface area (Å²) in [5, 5.41) is 0. The molecule has 1 aliphatic carbocycles. The monoisotopic (exact) mass is 496 g/mol. The third-order valence-electron chi connectivity index (χ3n) is 4.92. The summed E-state index contributed by atoms with van der Waals surface area (Å²) >= 11 is -2.11. The van der Waals surface area contributed by atoms with Gasteiger partial charge in [0.15, 0.2) is 0 Å². The summed E-state index contributed by atoms with van der Waals surface area (Å²) in [5.41, 5.74) is 7.04. The Morgan fingerprint density at radius 1 is 1.04 bits per heavy atom. The van der Waals surface area contributed by atoms with Crippen molar-refractivity contribution >= 4 is 17.9 Å². The van der Waals surface area contributed by atoms with Crippen molar-refractivity contribution in [3.8, 4) is 0 Å². The van der Waals surface area contributed by atoms with E-state index in [0.717, 1.165) is 16.7 Å². The van der Waals surface area contributed by atoms with Crippen molar-refractivity contribution in [3.05, 3.63) is 75.9 Å². The number of rotatable bonds is 4. The van der Waals surface area contributed by atoms with E-state index in [2.05, 4.69) is 85.7 Å².